The summed E-state index contributed by atoms with van der Waals surface area (Å²) >= 11 is 0. The molecule has 2 aromatic rings. The van der Waals surface area contributed by atoms with E-state index in [4.69, 9.17) is 10.5 Å². The van der Waals surface area contributed by atoms with Crippen molar-refractivity contribution in [2.24, 2.45) is 5.73 Å². The van der Waals surface area contributed by atoms with E-state index < -0.39 is 0 Å². The van der Waals surface area contributed by atoms with Crippen molar-refractivity contribution in [1.82, 2.24) is 5.32 Å². The Morgan fingerprint density at radius 3 is 2.57 bits per heavy atom. The van der Waals surface area contributed by atoms with Gasteiger partial charge in [0.2, 0.25) is 5.91 Å². The molecule has 0 aliphatic rings. The van der Waals surface area contributed by atoms with Gasteiger partial charge in [-0.1, -0.05) is 31.0 Å². The van der Waals surface area contributed by atoms with Gasteiger partial charge in [-0.25, -0.2) is 0 Å². The summed E-state index contributed by atoms with van der Waals surface area (Å²) in [7, 11) is 1.67. The zero-order chi connectivity index (χ0) is 16.5. The van der Waals surface area contributed by atoms with Crippen molar-refractivity contribution in [2.75, 3.05) is 13.7 Å². The van der Waals surface area contributed by atoms with Crippen molar-refractivity contribution < 1.29 is 9.53 Å². The van der Waals surface area contributed by atoms with E-state index in [2.05, 4.69) is 17.4 Å². The van der Waals surface area contributed by atoms with E-state index in [-0.39, 0.29) is 5.91 Å². The minimum absolute atomic E-state index is 0.118. The summed E-state index contributed by atoms with van der Waals surface area (Å²) in [5, 5.41) is 5.28. The number of unbranched alkanes of at least 4 members (excludes halogenated alkanes) is 3. The summed E-state index contributed by atoms with van der Waals surface area (Å²) in [4.78, 5) is 11.8. The highest BCUT2D eigenvalue weighted by molar-refractivity contribution is 5.84. The Morgan fingerprint density at radius 1 is 1.04 bits per heavy atom. The van der Waals surface area contributed by atoms with E-state index in [9.17, 15) is 4.79 Å². The van der Waals surface area contributed by atoms with Crippen LogP contribution < -0.4 is 15.8 Å². The average Bonchev–Trinajstić information content (AvgIpc) is 2.59. The molecule has 2 aromatic carbocycles. The number of methoxy groups -OCH3 is 1. The van der Waals surface area contributed by atoms with Crippen molar-refractivity contribution in [2.45, 2.75) is 38.6 Å². The Balaban J connectivity index is 1.81. The SMILES string of the molecule is COc1ccc2cc(CNC(=O)CCCCCCN)ccc2c1. The lowest BCUT2D eigenvalue weighted by molar-refractivity contribution is -0.121. The fourth-order valence-corrected chi connectivity index (χ4v) is 2.58. The molecule has 2 rings (SSSR count). The van der Waals surface area contributed by atoms with Gasteiger partial charge in [0.05, 0.1) is 7.11 Å². The molecule has 1 amide bonds. The standard InChI is InChI=1S/C19H26N2O2/c1-23-18-10-9-16-12-15(7-8-17(16)13-18)14-21-19(22)6-4-2-3-5-11-20/h7-10,12-13H,2-6,11,14,20H2,1H3,(H,21,22). The highest BCUT2D eigenvalue weighted by Gasteiger charge is 2.03. The Kier molecular flexibility index (Phi) is 6.88. The molecule has 0 spiro atoms. The lowest BCUT2D eigenvalue weighted by Crippen LogP contribution is -2.22. The topological polar surface area (TPSA) is 64.3 Å². The molecular weight excluding hydrogens is 288 g/mol. The molecule has 0 aliphatic carbocycles. The van der Waals surface area contributed by atoms with Crippen molar-refractivity contribution >= 4 is 16.7 Å². The highest BCUT2D eigenvalue weighted by atomic mass is 16.5. The predicted molar refractivity (Wildman–Crippen MR) is 94.5 cm³/mol. The summed E-state index contributed by atoms with van der Waals surface area (Å²) < 4.78 is 5.23. The number of nitrogens with two attached hydrogens (primary N) is 1. The largest absolute Gasteiger partial charge is 0.497 e. The summed E-state index contributed by atoms with van der Waals surface area (Å²) in [6.45, 7) is 1.31. The molecule has 0 bridgehead atoms. The van der Waals surface area contributed by atoms with Gasteiger partial charge in [0.15, 0.2) is 0 Å². The number of carbonyl (C=O) groups excluding carboxylic acids is 1. The third-order valence-corrected chi connectivity index (χ3v) is 3.96. The molecule has 4 heteroatoms. The van der Waals surface area contributed by atoms with Gasteiger partial charge < -0.3 is 15.8 Å². The maximum Gasteiger partial charge on any atom is 0.220 e. The molecule has 0 heterocycles. The summed E-state index contributed by atoms with van der Waals surface area (Å²) in [5.41, 5.74) is 6.56. The number of benzene rings is 2. The first-order valence-corrected chi connectivity index (χ1v) is 8.26. The van der Waals surface area contributed by atoms with Crippen LogP contribution in [-0.4, -0.2) is 19.6 Å². The van der Waals surface area contributed by atoms with Gasteiger partial charge in [-0.05, 0) is 53.9 Å². The molecular formula is C19H26N2O2. The smallest absolute Gasteiger partial charge is 0.220 e. The molecule has 3 N–H and O–H groups in total. The number of fused-ring (bicyclic) bond motifs is 1. The summed E-state index contributed by atoms with van der Waals surface area (Å²) in [6.07, 6.45) is 4.75. The Morgan fingerprint density at radius 2 is 1.78 bits per heavy atom. The maximum absolute atomic E-state index is 11.8. The van der Waals surface area contributed by atoms with Crippen LogP contribution in [-0.2, 0) is 11.3 Å². The molecule has 124 valence electrons. The number of carbonyl (C=O) groups is 1. The summed E-state index contributed by atoms with van der Waals surface area (Å²) in [6, 6.07) is 12.2. The minimum atomic E-state index is 0.118. The maximum atomic E-state index is 11.8. The molecule has 4 nitrogen and oxygen atoms in total. The second kappa shape index (κ2) is 9.16. The van der Waals surface area contributed by atoms with Crippen molar-refractivity contribution in [3.63, 3.8) is 0 Å². The molecule has 0 radical (unpaired) electrons. The molecule has 0 aromatic heterocycles. The zero-order valence-corrected chi connectivity index (χ0v) is 13.8. The monoisotopic (exact) mass is 314 g/mol. The van der Waals surface area contributed by atoms with E-state index in [1.165, 1.54) is 0 Å². The van der Waals surface area contributed by atoms with Crippen molar-refractivity contribution in [3.8, 4) is 5.75 Å². The third kappa shape index (κ3) is 5.57. The zero-order valence-electron chi connectivity index (χ0n) is 13.8. The number of rotatable bonds is 9. The van der Waals surface area contributed by atoms with E-state index in [0.717, 1.165) is 54.3 Å². The van der Waals surface area contributed by atoms with E-state index in [0.29, 0.717) is 13.0 Å². The molecule has 0 saturated heterocycles. The van der Waals surface area contributed by atoms with Gasteiger partial charge >= 0.3 is 0 Å². The molecule has 0 saturated carbocycles. The van der Waals surface area contributed by atoms with Crippen LogP contribution >= 0.6 is 0 Å². The van der Waals surface area contributed by atoms with Gasteiger partial charge in [-0.3, -0.25) is 4.79 Å². The normalized spacial score (nSPS) is 10.7. The van der Waals surface area contributed by atoms with Gasteiger partial charge in [0, 0.05) is 13.0 Å². The van der Waals surface area contributed by atoms with E-state index in [1.807, 2.05) is 24.3 Å². The lowest BCUT2D eigenvalue weighted by atomic mass is 10.1. The van der Waals surface area contributed by atoms with Crippen LogP contribution in [0.3, 0.4) is 0 Å². The Hall–Kier alpha value is -2.07. The molecule has 0 fully saturated rings. The molecule has 0 aliphatic heterocycles. The fraction of sp³-hybridized carbons (Fsp3) is 0.421. The minimum Gasteiger partial charge on any atom is -0.497 e. The first-order chi connectivity index (χ1) is 11.2. The summed E-state index contributed by atoms with van der Waals surface area (Å²) in [5.74, 6) is 0.973. The van der Waals surface area contributed by atoms with Crippen molar-refractivity contribution in [1.29, 1.82) is 0 Å². The van der Waals surface area contributed by atoms with Crippen LogP contribution in [0.15, 0.2) is 36.4 Å². The first kappa shape index (κ1) is 17.3. The van der Waals surface area contributed by atoms with Crippen LogP contribution in [0.5, 0.6) is 5.75 Å². The Labute approximate surface area is 138 Å². The number of hydrogen-bond acceptors (Lipinski definition) is 3. The molecule has 0 unspecified atom stereocenters. The van der Waals surface area contributed by atoms with Gasteiger partial charge in [0.1, 0.15) is 5.75 Å². The first-order valence-electron chi connectivity index (χ1n) is 8.26. The third-order valence-electron chi connectivity index (χ3n) is 3.96. The van der Waals surface area contributed by atoms with Crippen LogP contribution in [0.2, 0.25) is 0 Å². The van der Waals surface area contributed by atoms with Crippen LogP contribution in [0.1, 0.15) is 37.7 Å². The van der Waals surface area contributed by atoms with Gasteiger partial charge in [-0.2, -0.15) is 0 Å². The quantitative estimate of drug-likeness (QED) is 0.697. The van der Waals surface area contributed by atoms with Crippen LogP contribution in [0.25, 0.3) is 10.8 Å². The second-order valence-corrected chi connectivity index (χ2v) is 5.78. The van der Waals surface area contributed by atoms with Crippen LogP contribution in [0.4, 0.5) is 0 Å². The van der Waals surface area contributed by atoms with E-state index in [1.54, 1.807) is 7.11 Å². The van der Waals surface area contributed by atoms with E-state index >= 15 is 0 Å². The van der Waals surface area contributed by atoms with Gasteiger partial charge in [-0.15, -0.1) is 0 Å². The molecule has 0 atom stereocenters. The van der Waals surface area contributed by atoms with Crippen molar-refractivity contribution in [3.05, 3.63) is 42.0 Å². The molecule has 23 heavy (non-hydrogen) atoms. The number of amides is 1. The average molecular weight is 314 g/mol. The number of ether oxygens (including phenoxy) is 1. The van der Waals surface area contributed by atoms with Crippen LogP contribution in [0, 0.1) is 0 Å². The highest BCUT2D eigenvalue weighted by Crippen LogP contribution is 2.21. The number of hydrogen-bond donors (Lipinski definition) is 2. The predicted octanol–water partition coefficient (Wildman–Crippen LogP) is 3.37. The number of nitrogens with one attached hydrogen (secondary N) is 1. The fourth-order valence-electron chi connectivity index (χ4n) is 2.58. The lowest BCUT2D eigenvalue weighted by Gasteiger charge is -2.08. The van der Waals surface area contributed by atoms with Gasteiger partial charge in [0.25, 0.3) is 0 Å². The Bertz CT molecular complexity index is 640. The second-order valence-electron chi connectivity index (χ2n) is 5.78.